The molecule has 4 nitrogen and oxygen atoms in total. The van der Waals surface area contributed by atoms with Crippen LogP contribution in [0.5, 0.6) is 5.75 Å². The minimum atomic E-state index is -0.0247. The molecular formula is C16H25ClN2O2. The molecule has 118 valence electrons. The average Bonchev–Trinajstić information content (AvgIpc) is 2.48. The largest absolute Gasteiger partial charge is 0.489 e. The lowest BCUT2D eigenvalue weighted by Gasteiger charge is -2.23. The van der Waals surface area contributed by atoms with E-state index in [4.69, 9.17) is 4.74 Å². The summed E-state index contributed by atoms with van der Waals surface area (Å²) in [6.45, 7) is 6.45. The van der Waals surface area contributed by atoms with Gasteiger partial charge in [0, 0.05) is 5.92 Å². The number of ether oxygens (including phenoxy) is 1. The van der Waals surface area contributed by atoms with Crippen molar-refractivity contribution in [2.75, 3.05) is 19.6 Å². The molecule has 1 heterocycles. The summed E-state index contributed by atoms with van der Waals surface area (Å²) < 4.78 is 5.78. The van der Waals surface area contributed by atoms with Crippen molar-refractivity contribution in [1.82, 2.24) is 10.6 Å². The molecule has 0 bridgehead atoms. The summed E-state index contributed by atoms with van der Waals surface area (Å²) in [4.78, 5) is 12.0. The van der Waals surface area contributed by atoms with Crippen molar-refractivity contribution >= 4 is 18.3 Å². The molecule has 0 aliphatic carbocycles. The van der Waals surface area contributed by atoms with E-state index in [1.807, 2.05) is 38.1 Å². The van der Waals surface area contributed by atoms with Crippen LogP contribution < -0.4 is 15.4 Å². The standard InChI is InChI=1S/C16H24N2O2.ClH/c1-12-3-5-15(6-4-12)20-13(2)11-18-16(19)14-7-9-17-10-8-14;/h3-6,13-14,17H,7-11H2,1-2H3,(H,18,19);1H. The second kappa shape index (κ2) is 8.90. The maximum atomic E-state index is 12.0. The highest BCUT2D eigenvalue weighted by molar-refractivity contribution is 5.85. The fraction of sp³-hybridized carbons (Fsp3) is 0.562. The van der Waals surface area contributed by atoms with E-state index >= 15 is 0 Å². The van der Waals surface area contributed by atoms with Crippen LogP contribution in [0.3, 0.4) is 0 Å². The highest BCUT2D eigenvalue weighted by Crippen LogP contribution is 2.14. The van der Waals surface area contributed by atoms with Gasteiger partial charge in [0.15, 0.2) is 0 Å². The summed E-state index contributed by atoms with van der Waals surface area (Å²) in [5.74, 6) is 1.16. The van der Waals surface area contributed by atoms with Gasteiger partial charge in [-0.15, -0.1) is 12.4 Å². The Morgan fingerprint density at radius 2 is 1.95 bits per heavy atom. The van der Waals surface area contributed by atoms with Crippen molar-refractivity contribution in [1.29, 1.82) is 0 Å². The van der Waals surface area contributed by atoms with E-state index in [0.29, 0.717) is 6.54 Å². The fourth-order valence-corrected chi connectivity index (χ4v) is 2.36. The van der Waals surface area contributed by atoms with Crippen LogP contribution in [0.2, 0.25) is 0 Å². The Balaban J connectivity index is 0.00000220. The summed E-state index contributed by atoms with van der Waals surface area (Å²) in [5, 5.41) is 6.26. The minimum absolute atomic E-state index is 0. The summed E-state index contributed by atoms with van der Waals surface area (Å²) in [7, 11) is 0. The molecule has 1 saturated heterocycles. The lowest BCUT2D eigenvalue weighted by Crippen LogP contribution is -2.41. The van der Waals surface area contributed by atoms with Crippen molar-refractivity contribution in [2.24, 2.45) is 5.92 Å². The van der Waals surface area contributed by atoms with E-state index in [0.717, 1.165) is 31.7 Å². The maximum Gasteiger partial charge on any atom is 0.223 e. The number of nitrogens with one attached hydrogen (secondary N) is 2. The Kier molecular flexibility index (Phi) is 7.54. The third-order valence-electron chi connectivity index (χ3n) is 3.63. The van der Waals surface area contributed by atoms with E-state index in [1.54, 1.807) is 0 Å². The van der Waals surface area contributed by atoms with E-state index in [9.17, 15) is 4.79 Å². The first-order valence-electron chi connectivity index (χ1n) is 7.37. The summed E-state index contributed by atoms with van der Waals surface area (Å²) in [6, 6.07) is 7.96. The van der Waals surface area contributed by atoms with Crippen LogP contribution in [0.4, 0.5) is 0 Å². The molecule has 1 amide bonds. The zero-order valence-electron chi connectivity index (χ0n) is 12.7. The predicted octanol–water partition coefficient (Wildman–Crippen LogP) is 2.30. The van der Waals surface area contributed by atoms with Crippen molar-refractivity contribution in [2.45, 2.75) is 32.8 Å². The molecule has 1 aliphatic rings. The zero-order valence-corrected chi connectivity index (χ0v) is 13.5. The number of halogens is 1. The van der Waals surface area contributed by atoms with Crippen LogP contribution in [0.15, 0.2) is 24.3 Å². The van der Waals surface area contributed by atoms with Gasteiger partial charge in [0.05, 0.1) is 6.54 Å². The molecule has 1 aromatic carbocycles. The molecule has 1 aromatic rings. The third-order valence-corrected chi connectivity index (χ3v) is 3.63. The number of aryl methyl sites for hydroxylation is 1. The summed E-state index contributed by atoms with van der Waals surface area (Å²) in [5.41, 5.74) is 1.21. The van der Waals surface area contributed by atoms with Crippen LogP contribution in [-0.4, -0.2) is 31.6 Å². The molecule has 1 atom stereocenters. The molecule has 0 saturated carbocycles. The Hall–Kier alpha value is -1.26. The highest BCUT2D eigenvalue weighted by atomic mass is 35.5. The first kappa shape index (κ1) is 17.8. The quantitative estimate of drug-likeness (QED) is 0.877. The number of benzene rings is 1. The van der Waals surface area contributed by atoms with Crippen LogP contribution in [0, 0.1) is 12.8 Å². The topological polar surface area (TPSA) is 50.4 Å². The smallest absolute Gasteiger partial charge is 0.223 e. The zero-order chi connectivity index (χ0) is 14.4. The number of hydrogen-bond acceptors (Lipinski definition) is 3. The highest BCUT2D eigenvalue weighted by Gasteiger charge is 2.20. The van der Waals surface area contributed by atoms with Gasteiger partial charge < -0.3 is 15.4 Å². The van der Waals surface area contributed by atoms with Crippen LogP contribution in [0.1, 0.15) is 25.3 Å². The second-order valence-corrected chi connectivity index (χ2v) is 5.51. The lowest BCUT2D eigenvalue weighted by molar-refractivity contribution is -0.126. The van der Waals surface area contributed by atoms with Crippen molar-refractivity contribution < 1.29 is 9.53 Å². The van der Waals surface area contributed by atoms with Crippen LogP contribution >= 0.6 is 12.4 Å². The van der Waals surface area contributed by atoms with Gasteiger partial charge in [-0.3, -0.25) is 4.79 Å². The molecule has 2 N–H and O–H groups in total. The first-order valence-corrected chi connectivity index (χ1v) is 7.37. The molecule has 1 fully saturated rings. The third kappa shape index (κ3) is 5.94. The second-order valence-electron chi connectivity index (χ2n) is 5.51. The molecule has 1 unspecified atom stereocenters. The van der Waals surface area contributed by atoms with Crippen molar-refractivity contribution in [3.05, 3.63) is 29.8 Å². The van der Waals surface area contributed by atoms with Gasteiger partial charge in [0.2, 0.25) is 5.91 Å². The van der Waals surface area contributed by atoms with Gasteiger partial charge in [0.1, 0.15) is 11.9 Å². The summed E-state index contributed by atoms with van der Waals surface area (Å²) >= 11 is 0. The number of rotatable bonds is 5. The van der Waals surface area contributed by atoms with Gasteiger partial charge in [-0.05, 0) is 51.9 Å². The Labute approximate surface area is 133 Å². The predicted molar refractivity (Wildman–Crippen MR) is 87.1 cm³/mol. The van der Waals surface area contributed by atoms with E-state index in [1.165, 1.54) is 5.56 Å². The fourth-order valence-electron chi connectivity index (χ4n) is 2.36. The van der Waals surface area contributed by atoms with E-state index < -0.39 is 0 Å². The number of carbonyl (C=O) groups excluding carboxylic acids is 1. The Morgan fingerprint density at radius 1 is 1.33 bits per heavy atom. The monoisotopic (exact) mass is 312 g/mol. The summed E-state index contributed by atoms with van der Waals surface area (Å²) in [6.07, 6.45) is 1.83. The van der Waals surface area contributed by atoms with Gasteiger partial charge in [-0.25, -0.2) is 0 Å². The maximum absolute atomic E-state index is 12.0. The van der Waals surface area contributed by atoms with Gasteiger partial charge in [-0.1, -0.05) is 17.7 Å². The van der Waals surface area contributed by atoms with Crippen LogP contribution in [-0.2, 0) is 4.79 Å². The molecule has 2 rings (SSSR count). The van der Waals surface area contributed by atoms with Gasteiger partial charge >= 0.3 is 0 Å². The van der Waals surface area contributed by atoms with Crippen LogP contribution in [0.25, 0.3) is 0 Å². The van der Waals surface area contributed by atoms with E-state index in [2.05, 4.69) is 10.6 Å². The Morgan fingerprint density at radius 3 is 2.57 bits per heavy atom. The number of amides is 1. The van der Waals surface area contributed by atoms with Crippen molar-refractivity contribution in [3.63, 3.8) is 0 Å². The SMILES string of the molecule is Cc1ccc(OC(C)CNC(=O)C2CCNCC2)cc1.Cl. The van der Waals surface area contributed by atoms with Gasteiger partial charge in [-0.2, -0.15) is 0 Å². The normalized spacial score (nSPS) is 16.7. The van der Waals surface area contributed by atoms with E-state index in [-0.39, 0.29) is 30.3 Å². The molecule has 1 aliphatic heterocycles. The first-order chi connectivity index (χ1) is 9.65. The Bertz CT molecular complexity index is 430. The molecule has 0 aromatic heterocycles. The number of hydrogen-bond donors (Lipinski definition) is 2. The molecular weight excluding hydrogens is 288 g/mol. The molecule has 0 spiro atoms. The molecule has 5 heteroatoms. The average molecular weight is 313 g/mol. The lowest BCUT2D eigenvalue weighted by atomic mass is 9.97. The molecule has 21 heavy (non-hydrogen) atoms. The van der Waals surface area contributed by atoms with Gasteiger partial charge in [0.25, 0.3) is 0 Å². The number of piperidine rings is 1. The molecule has 0 radical (unpaired) electrons. The van der Waals surface area contributed by atoms with Crippen molar-refractivity contribution in [3.8, 4) is 5.75 Å². The number of carbonyl (C=O) groups is 1. The minimum Gasteiger partial charge on any atom is -0.489 e.